The third kappa shape index (κ3) is 3.42. The van der Waals surface area contributed by atoms with Crippen molar-refractivity contribution in [1.29, 1.82) is 0 Å². The lowest BCUT2D eigenvalue weighted by atomic mass is 10.1. The Kier molecular flexibility index (Phi) is 5.23. The van der Waals surface area contributed by atoms with Gasteiger partial charge >= 0.3 is 0 Å². The minimum Gasteiger partial charge on any atom is -0.356 e. The van der Waals surface area contributed by atoms with Gasteiger partial charge in [0.25, 0.3) is 0 Å². The van der Waals surface area contributed by atoms with Crippen molar-refractivity contribution >= 4 is 40.7 Å². The average Bonchev–Trinajstić information content (AvgIpc) is 2.84. The molecule has 3 rings (SSSR count). The maximum Gasteiger partial charge on any atom is 0.193 e. The summed E-state index contributed by atoms with van der Waals surface area (Å²) in [6.45, 7) is 2.87. The summed E-state index contributed by atoms with van der Waals surface area (Å²) in [6, 6.07) is 15.2. The Labute approximate surface area is 137 Å². The average molecular weight is 381 g/mol. The van der Waals surface area contributed by atoms with Crippen LogP contribution in [-0.2, 0) is 6.42 Å². The van der Waals surface area contributed by atoms with Gasteiger partial charge in [0.05, 0.1) is 6.54 Å². The zero-order chi connectivity index (χ0) is 13.1. The Morgan fingerprint density at radius 2 is 1.95 bits per heavy atom. The number of hydrogen-bond acceptors (Lipinski definition) is 3. The number of guanidine groups is 1. The van der Waals surface area contributed by atoms with Crippen LogP contribution >= 0.6 is 24.0 Å². The topological polar surface area (TPSA) is 27.6 Å². The molecule has 0 bridgehead atoms. The molecule has 0 atom stereocenters. The van der Waals surface area contributed by atoms with Crippen LogP contribution in [0, 0.1) is 0 Å². The summed E-state index contributed by atoms with van der Waals surface area (Å²) in [5.74, 6) is 1.03. The molecule has 0 saturated heterocycles. The van der Waals surface area contributed by atoms with Crippen LogP contribution in [0.1, 0.15) is 5.56 Å². The highest BCUT2D eigenvalue weighted by molar-refractivity contribution is 14.0. The second-order valence-electron chi connectivity index (χ2n) is 4.99. The number of rotatable bonds is 3. The van der Waals surface area contributed by atoms with Crippen LogP contribution in [0.4, 0.5) is 0 Å². The third-order valence-electron chi connectivity index (χ3n) is 3.57. The van der Waals surface area contributed by atoms with Gasteiger partial charge in [-0.05, 0) is 22.8 Å². The van der Waals surface area contributed by atoms with Crippen molar-refractivity contribution in [2.75, 3.05) is 26.7 Å². The highest BCUT2D eigenvalue weighted by Gasteiger charge is 2.10. The largest absolute Gasteiger partial charge is 0.356 e. The molecular formula is C16H20IN3. The van der Waals surface area contributed by atoms with Gasteiger partial charge in [0.1, 0.15) is 0 Å². The summed E-state index contributed by atoms with van der Waals surface area (Å²) in [5.41, 5.74) is 1.37. The predicted octanol–water partition coefficient (Wildman–Crippen LogP) is 2.89. The van der Waals surface area contributed by atoms with Crippen LogP contribution in [0.25, 0.3) is 10.8 Å². The van der Waals surface area contributed by atoms with E-state index >= 15 is 0 Å². The summed E-state index contributed by atoms with van der Waals surface area (Å²) in [7, 11) is 2.08. The highest BCUT2D eigenvalue weighted by atomic mass is 127. The molecule has 0 fully saturated rings. The SMILES string of the molecule is CN1CCN=C1NCCc1ccc2ccccc2c1.I. The van der Waals surface area contributed by atoms with Crippen LogP contribution in [0.2, 0.25) is 0 Å². The predicted molar refractivity (Wildman–Crippen MR) is 96.0 cm³/mol. The summed E-state index contributed by atoms with van der Waals surface area (Å²) < 4.78 is 0. The normalized spacial score (nSPS) is 14.1. The molecule has 0 saturated carbocycles. The minimum atomic E-state index is 0. The van der Waals surface area contributed by atoms with Gasteiger partial charge in [-0.1, -0.05) is 42.5 Å². The lowest BCUT2D eigenvalue weighted by molar-refractivity contribution is 0.534. The van der Waals surface area contributed by atoms with Crippen LogP contribution in [0.15, 0.2) is 47.5 Å². The van der Waals surface area contributed by atoms with Gasteiger partial charge in [-0.15, -0.1) is 24.0 Å². The molecule has 0 aromatic heterocycles. The first-order chi connectivity index (χ1) is 9.33. The highest BCUT2D eigenvalue weighted by Crippen LogP contribution is 2.15. The molecule has 1 N–H and O–H groups in total. The Morgan fingerprint density at radius 3 is 2.70 bits per heavy atom. The first-order valence-corrected chi connectivity index (χ1v) is 6.80. The molecule has 0 amide bonds. The molecule has 0 unspecified atom stereocenters. The van der Waals surface area contributed by atoms with Gasteiger partial charge in [-0.25, -0.2) is 0 Å². The first kappa shape index (κ1) is 15.1. The minimum absolute atomic E-state index is 0. The molecular weight excluding hydrogens is 361 g/mol. The summed E-state index contributed by atoms with van der Waals surface area (Å²) in [6.07, 6.45) is 1.03. The van der Waals surface area contributed by atoms with Crippen molar-refractivity contribution in [3.8, 4) is 0 Å². The standard InChI is InChI=1S/C16H19N3.HI/c1-19-11-10-18-16(19)17-9-8-13-6-7-14-4-2-3-5-15(14)12-13;/h2-7,12H,8-11H2,1H3,(H,17,18);1H. The second kappa shape index (κ2) is 6.92. The number of hydrogen-bond donors (Lipinski definition) is 1. The molecule has 3 nitrogen and oxygen atoms in total. The molecule has 1 heterocycles. The van der Waals surface area contributed by atoms with E-state index in [1.165, 1.54) is 16.3 Å². The monoisotopic (exact) mass is 381 g/mol. The number of fused-ring (bicyclic) bond motifs is 1. The van der Waals surface area contributed by atoms with E-state index in [1.54, 1.807) is 0 Å². The molecule has 106 valence electrons. The summed E-state index contributed by atoms with van der Waals surface area (Å²) >= 11 is 0. The fourth-order valence-corrected chi connectivity index (χ4v) is 2.44. The zero-order valence-electron chi connectivity index (χ0n) is 11.7. The molecule has 0 radical (unpaired) electrons. The molecule has 20 heavy (non-hydrogen) atoms. The van der Waals surface area contributed by atoms with Gasteiger partial charge < -0.3 is 10.2 Å². The van der Waals surface area contributed by atoms with E-state index < -0.39 is 0 Å². The number of nitrogens with zero attached hydrogens (tertiary/aromatic N) is 2. The zero-order valence-corrected chi connectivity index (χ0v) is 14.0. The lowest BCUT2D eigenvalue weighted by Crippen LogP contribution is -2.36. The third-order valence-corrected chi connectivity index (χ3v) is 3.57. The summed E-state index contributed by atoms with van der Waals surface area (Å²) in [5, 5.41) is 6.02. The van der Waals surface area contributed by atoms with Gasteiger partial charge in [0.2, 0.25) is 0 Å². The number of halogens is 1. The quantitative estimate of drug-likeness (QED) is 0.829. The maximum atomic E-state index is 4.43. The fourth-order valence-electron chi connectivity index (χ4n) is 2.44. The molecule has 0 aliphatic carbocycles. The van der Waals surface area contributed by atoms with E-state index in [2.05, 4.69) is 64.7 Å². The van der Waals surface area contributed by atoms with Crippen molar-refractivity contribution in [2.24, 2.45) is 4.99 Å². The first-order valence-electron chi connectivity index (χ1n) is 6.80. The van der Waals surface area contributed by atoms with Crippen LogP contribution in [-0.4, -0.2) is 37.5 Å². The number of aliphatic imine (C=N–C) groups is 1. The van der Waals surface area contributed by atoms with E-state index in [-0.39, 0.29) is 24.0 Å². The van der Waals surface area contributed by atoms with E-state index in [4.69, 9.17) is 0 Å². The number of nitrogens with one attached hydrogen (secondary N) is 1. The Morgan fingerprint density at radius 1 is 1.15 bits per heavy atom. The lowest BCUT2D eigenvalue weighted by Gasteiger charge is -2.15. The van der Waals surface area contributed by atoms with E-state index in [0.717, 1.165) is 32.0 Å². The molecule has 2 aromatic carbocycles. The van der Waals surface area contributed by atoms with Crippen molar-refractivity contribution in [3.05, 3.63) is 48.0 Å². The van der Waals surface area contributed by atoms with Crippen molar-refractivity contribution in [1.82, 2.24) is 10.2 Å². The van der Waals surface area contributed by atoms with E-state index in [9.17, 15) is 0 Å². The number of likely N-dealkylation sites (N-methyl/N-ethyl adjacent to an activating group) is 1. The smallest absolute Gasteiger partial charge is 0.193 e. The van der Waals surface area contributed by atoms with Crippen molar-refractivity contribution in [3.63, 3.8) is 0 Å². The molecule has 1 aliphatic heterocycles. The van der Waals surface area contributed by atoms with Crippen LogP contribution in [0.5, 0.6) is 0 Å². The van der Waals surface area contributed by atoms with Crippen LogP contribution in [0.3, 0.4) is 0 Å². The van der Waals surface area contributed by atoms with Crippen LogP contribution < -0.4 is 5.32 Å². The molecule has 2 aromatic rings. The Hall–Kier alpha value is -1.30. The Balaban J connectivity index is 0.00000147. The van der Waals surface area contributed by atoms with Crippen molar-refractivity contribution < 1.29 is 0 Å². The van der Waals surface area contributed by atoms with Gasteiger partial charge in [0.15, 0.2) is 5.96 Å². The van der Waals surface area contributed by atoms with Gasteiger partial charge in [-0.2, -0.15) is 0 Å². The van der Waals surface area contributed by atoms with Gasteiger partial charge in [-0.3, -0.25) is 4.99 Å². The second-order valence-corrected chi connectivity index (χ2v) is 4.99. The molecule has 0 spiro atoms. The number of benzene rings is 2. The van der Waals surface area contributed by atoms with E-state index in [0.29, 0.717) is 0 Å². The van der Waals surface area contributed by atoms with E-state index in [1.807, 2.05) is 0 Å². The molecule has 1 aliphatic rings. The van der Waals surface area contributed by atoms with Gasteiger partial charge in [0, 0.05) is 20.1 Å². The summed E-state index contributed by atoms with van der Waals surface area (Å²) in [4.78, 5) is 6.60. The molecule has 4 heteroatoms. The maximum absolute atomic E-state index is 4.43. The fraction of sp³-hybridized carbons (Fsp3) is 0.312. The Bertz CT molecular complexity index is 609. The van der Waals surface area contributed by atoms with Crippen molar-refractivity contribution in [2.45, 2.75) is 6.42 Å².